The summed E-state index contributed by atoms with van der Waals surface area (Å²) in [6, 6.07) is 7.13. The third kappa shape index (κ3) is 4.86. The number of hydrogen-bond donors (Lipinski definition) is 3. The van der Waals surface area contributed by atoms with Crippen molar-refractivity contribution in [3.05, 3.63) is 54.3 Å². The summed E-state index contributed by atoms with van der Waals surface area (Å²) in [4.78, 5) is 24.2. The maximum Gasteiger partial charge on any atom is 0.338 e. The summed E-state index contributed by atoms with van der Waals surface area (Å²) in [5.41, 5.74) is 7.44. The monoisotopic (exact) mass is 359 g/mol. The number of rotatable bonds is 6. The van der Waals surface area contributed by atoms with Crippen molar-refractivity contribution in [3.8, 4) is 0 Å². The molecule has 140 valence electrons. The molecule has 7 heteroatoms. The fraction of sp³-hybridized carbons (Fsp3) is 0.368. The summed E-state index contributed by atoms with van der Waals surface area (Å²) in [6.07, 6.45) is 7.44. The van der Waals surface area contributed by atoms with Crippen molar-refractivity contribution in [1.29, 1.82) is 0 Å². The van der Waals surface area contributed by atoms with Crippen LogP contribution in [0.5, 0.6) is 0 Å². The van der Waals surface area contributed by atoms with Crippen LogP contribution in [0.2, 0.25) is 0 Å². The molecule has 1 aliphatic rings. The number of benzene rings is 1. The number of carbonyl (C=O) groups is 2. The second kappa shape index (κ2) is 7.61. The van der Waals surface area contributed by atoms with E-state index in [0.717, 1.165) is 0 Å². The van der Waals surface area contributed by atoms with Crippen LogP contribution in [-0.4, -0.2) is 39.7 Å². The summed E-state index contributed by atoms with van der Waals surface area (Å²) < 4.78 is 5.23. The van der Waals surface area contributed by atoms with Gasteiger partial charge in [0.05, 0.1) is 12.2 Å². The predicted octanol–water partition coefficient (Wildman–Crippen LogP) is 2.07. The van der Waals surface area contributed by atoms with Crippen molar-refractivity contribution in [2.45, 2.75) is 38.3 Å². The number of carboxylic acids is 1. The maximum atomic E-state index is 12.4. The summed E-state index contributed by atoms with van der Waals surface area (Å²) in [5, 5.41) is 11.4. The fourth-order valence-electron chi connectivity index (χ4n) is 2.39. The van der Waals surface area contributed by atoms with Crippen molar-refractivity contribution in [1.82, 2.24) is 5.01 Å². The number of nitrogens with zero attached hydrogens (tertiary/aromatic N) is 1. The molecule has 1 atom stereocenters. The zero-order valence-electron chi connectivity index (χ0n) is 15.2. The van der Waals surface area contributed by atoms with Crippen LogP contribution in [0, 0.1) is 0 Å². The highest BCUT2D eigenvalue weighted by Gasteiger charge is 2.46. The van der Waals surface area contributed by atoms with E-state index in [-0.39, 0.29) is 6.42 Å². The van der Waals surface area contributed by atoms with E-state index < -0.39 is 23.1 Å². The fourth-order valence-corrected chi connectivity index (χ4v) is 2.39. The second-order valence-electron chi connectivity index (χ2n) is 7.15. The number of hydrazine groups is 1. The molecular weight excluding hydrogens is 334 g/mol. The molecule has 1 aromatic rings. The van der Waals surface area contributed by atoms with Crippen LogP contribution in [0.15, 0.2) is 48.7 Å². The average Bonchev–Trinajstić information content (AvgIpc) is 2.55. The third-order valence-electron chi connectivity index (χ3n) is 3.71. The van der Waals surface area contributed by atoms with E-state index in [1.54, 1.807) is 39.0 Å². The zero-order chi connectivity index (χ0) is 19.4. The Hall–Kier alpha value is -2.80. The van der Waals surface area contributed by atoms with Gasteiger partial charge in [0.25, 0.3) is 0 Å². The van der Waals surface area contributed by atoms with Gasteiger partial charge in [-0.3, -0.25) is 10.4 Å². The second-order valence-corrected chi connectivity index (χ2v) is 7.15. The topological polar surface area (TPSA) is 105 Å². The number of esters is 1. The van der Waals surface area contributed by atoms with Gasteiger partial charge in [0.2, 0.25) is 5.54 Å². The Labute approximate surface area is 153 Å². The summed E-state index contributed by atoms with van der Waals surface area (Å²) >= 11 is 0. The smallest absolute Gasteiger partial charge is 0.338 e. The Bertz CT molecular complexity index is 737. The van der Waals surface area contributed by atoms with Gasteiger partial charge in [-0.2, -0.15) is 0 Å². The first-order chi connectivity index (χ1) is 12.1. The van der Waals surface area contributed by atoms with Crippen molar-refractivity contribution >= 4 is 17.6 Å². The standard InChI is InChI=1S/C19H25N3O4/c1-18(2,3)26-17(25)19(20,16(23)24)13-14-9-5-6-10-15(14)21-22-11-7-4-8-12-22/h4-11,21H,12-13,20H2,1-3H3,(H,23,24)/t19-/m0/s1. The Balaban J connectivity index is 2.26. The first-order valence-electron chi connectivity index (χ1n) is 8.32. The van der Waals surface area contributed by atoms with Crippen LogP contribution in [0.4, 0.5) is 5.69 Å². The number of hydrogen-bond acceptors (Lipinski definition) is 6. The molecule has 4 N–H and O–H groups in total. The number of ether oxygens (including phenoxy) is 1. The highest BCUT2D eigenvalue weighted by Crippen LogP contribution is 2.24. The molecule has 0 saturated carbocycles. The molecule has 7 nitrogen and oxygen atoms in total. The number of anilines is 1. The van der Waals surface area contributed by atoms with Crippen molar-refractivity contribution < 1.29 is 19.4 Å². The van der Waals surface area contributed by atoms with E-state index in [1.165, 1.54) is 0 Å². The Morgan fingerprint density at radius 1 is 1.27 bits per heavy atom. The number of para-hydroxylation sites is 1. The largest absolute Gasteiger partial charge is 0.479 e. The number of carboxylic acid groups (broad SMARTS) is 1. The predicted molar refractivity (Wildman–Crippen MR) is 99.2 cm³/mol. The van der Waals surface area contributed by atoms with Crippen LogP contribution in [0.1, 0.15) is 26.3 Å². The number of nitrogens with two attached hydrogens (primary N) is 1. The Morgan fingerprint density at radius 3 is 2.54 bits per heavy atom. The zero-order valence-corrected chi connectivity index (χ0v) is 15.2. The summed E-state index contributed by atoms with van der Waals surface area (Å²) in [6.45, 7) is 5.65. The minimum atomic E-state index is -2.18. The molecule has 0 radical (unpaired) electrons. The molecule has 0 spiro atoms. The number of carbonyl (C=O) groups excluding carboxylic acids is 1. The Kier molecular flexibility index (Phi) is 5.72. The molecule has 0 amide bonds. The van der Waals surface area contributed by atoms with Gasteiger partial charge in [0.1, 0.15) is 5.60 Å². The van der Waals surface area contributed by atoms with Crippen LogP contribution < -0.4 is 11.2 Å². The lowest BCUT2D eigenvalue weighted by Gasteiger charge is -2.29. The average molecular weight is 359 g/mol. The van der Waals surface area contributed by atoms with E-state index >= 15 is 0 Å². The first kappa shape index (κ1) is 19.5. The molecule has 1 aliphatic heterocycles. The van der Waals surface area contributed by atoms with Crippen LogP contribution in [0.3, 0.4) is 0 Å². The molecule has 0 fully saturated rings. The molecule has 0 aliphatic carbocycles. The van der Waals surface area contributed by atoms with Gasteiger partial charge in [-0.05, 0) is 38.5 Å². The Morgan fingerprint density at radius 2 is 1.96 bits per heavy atom. The lowest BCUT2D eigenvalue weighted by Crippen LogP contribution is -2.58. The molecule has 0 bridgehead atoms. The van der Waals surface area contributed by atoms with Gasteiger partial charge in [-0.1, -0.05) is 30.4 Å². The van der Waals surface area contributed by atoms with Crippen molar-refractivity contribution in [2.75, 3.05) is 12.0 Å². The van der Waals surface area contributed by atoms with Crippen LogP contribution >= 0.6 is 0 Å². The van der Waals surface area contributed by atoms with Gasteiger partial charge >= 0.3 is 11.9 Å². The van der Waals surface area contributed by atoms with Gasteiger partial charge in [-0.15, -0.1) is 0 Å². The highest BCUT2D eigenvalue weighted by molar-refractivity contribution is 6.04. The van der Waals surface area contributed by atoms with E-state index in [4.69, 9.17) is 10.5 Å². The number of allylic oxidation sites excluding steroid dienone is 2. The highest BCUT2D eigenvalue weighted by atomic mass is 16.6. The van der Waals surface area contributed by atoms with Gasteiger partial charge in [0.15, 0.2) is 0 Å². The summed E-state index contributed by atoms with van der Waals surface area (Å²) in [7, 11) is 0. The summed E-state index contributed by atoms with van der Waals surface area (Å²) in [5.74, 6) is -2.39. The molecule has 0 unspecified atom stereocenters. The van der Waals surface area contributed by atoms with E-state index in [1.807, 2.05) is 35.5 Å². The van der Waals surface area contributed by atoms with E-state index in [0.29, 0.717) is 17.8 Å². The van der Waals surface area contributed by atoms with Gasteiger partial charge in [0, 0.05) is 12.6 Å². The molecule has 26 heavy (non-hydrogen) atoms. The van der Waals surface area contributed by atoms with Crippen LogP contribution in [-0.2, 0) is 20.7 Å². The molecule has 0 saturated heterocycles. The van der Waals surface area contributed by atoms with E-state index in [2.05, 4.69) is 5.43 Å². The minimum absolute atomic E-state index is 0.201. The maximum absolute atomic E-state index is 12.4. The lowest BCUT2D eigenvalue weighted by atomic mass is 9.90. The van der Waals surface area contributed by atoms with Crippen molar-refractivity contribution in [2.24, 2.45) is 5.73 Å². The van der Waals surface area contributed by atoms with Crippen LogP contribution in [0.25, 0.3) is 0 Å². The quantitative estimate of drug-likeness (QED) is 0.527. The molecule has 1 aromatic carbocycles. The molecule has 2 rings (SSSR count). The normalized spacial score (nSPS) is 16.1. The molecule has 0 aromatic heterocycles. The van der Waals surface area contributed by atoms with Gasteiger partial charge < -0.3 is 15.6 Å². The van der Waals surface area contributed by atoms with Gasteiger partial charge in [-0.25, -0.2) is 9.59 Å². The molecule has 1 heterocycles. The third-order valence-corrected chi connectivity index (χ3v) is 3.71. The minimum Gasteiger partial charge on any atom is -0.479 e. The van der Waals surface area contributed by atoms with E-state index in [9.17, 15) is 14.7 Å². The van der Waals surface area contributed by atoms with Crippen molar-refractivity contribution in [3.63, 3.8) is 0 Å². The molecular formula is C19H25N3O4. The SMILES string of the molecule is CC(C)(C)OC(=O)[C@](N)(Cc1ccccc1NN1C=CC=CC1)C(=O)O. The number of aliphatic carboxylic acids is 1. The first-order valence-corrected chi connectivity index (χ1v) is 8.32. The lowest BCUT2D eigenvalue weighted by molar-refractivity contribution is -0.169. The number of nitrogens with one attached hydrogen (secondary N) is 1.